The lowest BCUT2D eigenvalue weighted by atomic mass is 9.95. The number of amides is 1. The molecule has 3 nitrogen and oxygen atoms in total. The molecule has 0 N–H and O–H groups in total. The van der Waals surface area contributed by atoms with Crippen LogP contribution in [0.1, 0.15) is 33.1 Å². The highest BCUT2D eigenvalue weighted by Crippen LogP contribution is 2.20. The van der Waals surface area contributed by atoms with Crippen LogP contribution in [-0.2, 0) is 4.79 Å². The molecule has 1 aliphatic heterocycles. The van der Waals surface area contributed by atoms with Crippen molar-refractivity contribution in [2.45, 2.75) is 39.2 Å². The van der Waals surface area contributed by atoms with E-state index < -0.39 is 6.10 Å². The highest BCUT2D eigenvalue weighted by atomic mass is 16.5. The third kappa shape index (κ3) is 3.72. The van der Waals surface area contributed by atoms with Gasteiger partial charge in [0.15, 0.2) is 6.10 Å². The van der Waals surface area contributed by atoms with E-state index in [0.29, 0.717) is 5.92 Å². The number of ether oxygens (including phenoxy) is 1. The zero-order valence-electron chi connectivity index (χ0n) is 11.8. The van der Waals surface area contributed by atoms with E-state index in [9.17, 15) is 4.79 Å². The van der Waals surface area contributed by atoms with Crippen LogP contribution in [0.3, 0.4) is 0 Å². The first-order valence-electron chi connectivity index (χ1n) is 7.21. The Morgan fingerprint density at radius 2 is 2.16 bits per heavy atom. The van der Waals surface area contributed by atoms with Gasteiger partial charge in [-0.3, -0.25) is 4.79 Å². The summed E-state index contributed by atoms with van der Waals surface area (Å²) in [4.78, 5) is 14.3. The summed E-state index contributed by atoms with van der Waals surface area (Å²) in [5, 5.41) is 0. The molecule has 0 radical (unpaired) electrons. The molecule has 19 heavy (non-hydrogen) atoms. The molecule has 2 unspecified atom stereocenters. The number of likely N-dealkylation sites (tertiary alicyclic amines) is 1. The summed E-state index contributed by atoms with van der Waals surface area (Å²) in [5.74, 6) is 1.52. The van der Waals surface area contributed by atoms with Gasteiger partial charge in [0.05, 0.1) is 0 Å². The Morgan fingerprint density at radius 1 is 1.42 bits per heavy atom. The van der Waals surface area contributed by atoms with Gasteiger partial charge in [-0.2, -0.15) is 0 Å². The molecule has 3 heteroatoms. The number of benzene rings is 1. The Kier molecular flexibility index (Phi) is 4.83. The third-order valence-electron chi connectivity index (χ3n) is 3.81. The fourth-order valence-electron chi connectivity index (χ4n) is 2.61. The summed E-state index contributed by atoms with van der Waals surface area (Å²) in [6.07, 6.45) is 3.10. The molecule has 1 aromatic carbocycles. The topological polar surface area (TPSA) is 29.5 Å². The smallest absolute Gasteiger partial charge is 0.263 e. The molecule has 0 aliphatic carbocycles. The number of hydrogen-bond donors (Lipinski definition) is 0. The Bertz CT molecular complexity index is 404. The zero-order valence-corrected chi connectivity index (χ0v) is 11.8. The van der Waals surface area contributed by atoms with E-state index in [4.69, 9.17) is 4.74 Å². The molecule has 0 aromatic heterocycles. The van der Waals surface area contributed by atoms with Crippen molar-refractivity contribution in [2.24, 2.45) is 5.92 Å². The van der Waals surface area contributed by atoms with E-state index in [-0.39, 0.29) is 5.91 Å². The number of hydrogen-bond acceptors (Lipinski definition) is 2. The first kappa shape index (κ1) is 13.9. The minimum absolute atomic E-state index is 0.113. The van der Waals surface area contributed by atoms with Crippen LogP contribution >= 0.6 is 0 Å². The predicted molar refractivity (Wildman–Crippen MR) is 76.1 cm³/mol. The average Bonchev–Trinajstić information content (AvgIpc) is 2.47. The Morgan fingerprint density at radius 3 is 2.84 bits per heavy atom. The third-order valence-corrected chi connectivity index (χ3v) is 3.81. The summed E-state index contributed by atoms with van der Waals surface area (Å²) < 4.78 is 5.71. The first-order valence-corrected chi connectivity index (χ1v) is 7.21. The molecule has 104 valence electrons. The van der Waals surface area contributed by atoms with Crippen molar-refractivity contribution < 1.29 is 9.53 Å². The summed E-state index contributed by atoms with van der Waals surface area (Å²) >= 11 is 0. The van der Waals surface area contributed by atoms with E-state index in [1.165, 1.54) is 6.42 Å². The number of nitrogens with zero attached hydrogens (tertiary/aromatic N) is 1. The van der Waals surface area contributed by atoms with E-state index in [0.717, 1.165) is 31.7 Å². The van der Waals surface area contributed by atoms with Gasteiger partial charge in [0.1, 0.15) is 5.75 Å². The highest BCUT2D eigenvalue weighted by molar-refractivity contribution is 5.81. The molecule has 1 aromatic rings. The maximum atomic E-state index is 12.4. The molecule has 2 atom stereocenters. The van der Waals surface area contributed by atoms with Crippen LogP contribution in [0.15, 0.2) is 30.3 Å². The van der Waals surface area contributed by atoms with Crippen LogP contribution in [0.4, 0.5) is 0 Å². The van der Waals surface area contributed by atoms with Gasteiger partial charge in [0.25, 0.3) is 5.91 Å². The molecule has 1 amide bonds. The predicted octanol–water partition coefficient (Wildman–Crippen LogP) is 3.10. The minimum Gasteiger partial charge on any atom is -0.481 e. The number of carbonyl (C=O) groups excluding carboxylic acids is 1. The van der Waals surface area contributed by atoms with Crippen molar-refractivity contribution in [3.63, 3.8) is 0 Å². The van der Waals surface area contributed by atoms with Gasteiger partial charge in [0, 0.05) is 13.1 Å². The second kappa shape index (κ2) is 6.60. The van der Waals surface area contributed by atoms with E-state index in [2.05, 4.69) is 6.92 Å². The van der Waals surface area contributed by atoms with E-state index in [1.54, 1.807) is 0 Å². The van der Waals surface area contributed by atoms with Gasteiger partial charge in [-0.15, -0.1) is 0 Å². The lowest BCUT2D eigenvalue weighted by molar-refractivity contribution is -0.139. The highest BCUT2D eigenvalue weighted by Gasteiger charge is 2.26. The number of rotatable bonds is 4. The zero-order chi connectivity index (χ0) is 13.7. The normalized spacial score (nSPS) is 20.9. The van der Waals surface area contributed by atoms with Gasteiger partial charge in [-0.05, 0) is 37.8 Å². The Hall–Kier alpha value is -1.51. The summed E-state index contributed by atoms with van der Waals surface area (Å²) in [7, 11) is 0. The van der Waals surface area contributed by atoms with Crippen LogP contribution in [0.2, 0.25) is 0 Å². The van der Waals surface area contributed by atoms with Gasteiger partial charge >= 0.3 is 0 Å². The molecule has 1 saturated heterocycles. The van der Waals surface area contributed by atoms with Gasteiger partial charge in [-0.1, -0.05) is 31.5 Å². The number of piperidine rings is 1. The largest absolute Gasteiger partial charge is 0.481 e. The molecule has 0 saturated carbocycles. The standard InChI is InChI=1S/C16H23NO2/c1-3-14-8-7-11-17(12-14)16(18)13(2)19-15-9-5-4-6-10-15/h4-6,9-10,13-14H,3,7-8,11-12H2,1-2H3. The van der Waals surface area contributed by atoms with Crippen molar-refractivity contribution in [3.8, 4) is 5.75 Å². The number of para-hydroxylation sites is 1. The number of carbonyl (C=O) groups is 1. The van der Waals surface area contributed by atoms with Gasteiger partial charge in [-0.25, -0.2) is 0 Å². The lowest BCUT2D eigenvalue weighted by Crippen LogP contribution is -2.45. The molecular formula is C16H23NO2. The quantitative estimate of drug-likeness (QED) is 0.833. The van der Waals surface area contributed by atoms with Crippen LogP contribution in [0.25, 0.3) is 0 Å². The van der Waals surface area contributed by atoms with Crippen molar-refractivity contribution >= 4 is 5.91 Å². The van der Waals surface area contributed by atoms with Crippen LogP contribution in [0, 0.1) is 5.92 Å². The lowest BCUT2D eigenvalue weighted by Gasteiger charge is -2.33. The molecule has 1 fully saturated rings. The van der Waals surface area contributed by atoms with Crippen molar-refractivity contribution in [3.05, 3.63) is 30.3 Å². The fourth-order valence-corrected chi connectivity index (χ4v) is 2.61. The van der Waals surface area contributed by atoms with Crippen LogP contribution in [0.5, 0.6) is 5.75 Å². The molecule has 0 spiro atoms. The maximum Gasteiger partial charge on any atom is 0.263 e. The summed E-state index contributed by atoms with van der Waals surface area (Å²) in [6.45, 7) is 5.79. The molecule has 2 rings (SSSR count). The second-order valence-electron chi connectivity index (χ2n) is 5.27. The first-order chi connectivity index (χ1) is 9.20. The Balaban J connectivity index is 1.91. The summed E-state index contributed by atoms with van der Waals surface area (Å²) in [6, 6.07) is 9.54. The maximum absolute atomic E-state index is 12.4. The van der Waals surface area contributed by atoms with E-state index >= 15 is 0 Å². The van der Waals surface area contributed by atoms with Gasteiger partial charge < -0.3 is 9.64 Å². The Labute approximate surface area is 115 Å². The van der Waals surface area contributed by atoms with Gasteiger partial charge in [0.2, 0.25) is 0 Å². The molecular weight excluding hydrogens is 238 g/mol. The van der Waals surface area contributed by atoms with E-state index in [1.807, 2.05) is 42.2 Å². The fraction of sp³-hybridized carbons (Fsp3) is 0.562. The minimum atomic E-state index is -0.405. The average molecular weight is 261 g/mol. The van der Waals surface area contributed by atoms with Crippen molar-refractivity contribution in [2.75, 3.05) is 13.1 Å². The molecule has 0 bridgehead atoms. The van der Waals surface area contributed by atoms with Crippen LogP contribution in [-0.4, -0.2) is 30.0 Å². The van der Waals surface area contributed by atoms with Crippen LogP contribution < -0.4 is 4.74 Å². The van der Waals surface area contributed by atoms with Crippen molar-refractivity contribution in [1.29, 1.82) is 0 Å². The molecule has 1 heterocycles. The second-order valence-corrected chi connectivity index (χ2v) is 5.27. The molecule has 1 aliphatic rings. The monoisotopic (exact) mass is 261 g/mol. The summed E-state index contributed by atoms with van der Waals surface area (Å²) in [5.41, 5.74) is 0. The SMILES string of the molecule is CCC1CCCN(C(=O)C(C)Oc2ccccc2)C1. The van der Waals surface area contributed by atoms with Crippen molar-refractivity contribution in [1.82, 2.24) is 4.90 Å².